The number of hydrogen-bond acceptors (Lipinski definition) is 5. The smallest absolute Gasteiger partial charge is 0.408 e. The van der Waals surface area contributed by atoms with Crippen molar-refractivity contribution in [1.82, 2.24) is 5.32 Å². The number of hydrogen-bond donors (Lipinski definition) is 2. The minimum absolute atomic E-state index is 0.0147. The molecule has 0 aliphatic heterocycles. The van der Waals surface area contributed by atoms with Gasteiger partial charge >= 0.3 is 18.0 Å². The second kappa shape index (κ2) is 8.17. The Morgan fingerprint density at radius 2 is 1.78 bits per heavy atom. The lowest BCUT2D eigenvalue weighted by molar-refractivity contribution is -0.159. The van der Waals surface area contributed by atoms with Gasteiger partial charge in [-0.05, 0) is 26.3 Å². The van der Waals surface area contributed by atoms with Crippen LogP contribution in [-0.2, 0) is 25.7 Å². The number of ether oxygens (including phenoxy) is 2. The molecule has 7 nitrogen and oxygen atoms in total. The molecule has 0 aromatic heterocycles. The monoisotopic (exact) mass is 323 g/mol. The third-order valence-electron chi connectivity index (χ3n) is 2.57. The molecule has 0 bridgehead atoms. The first-order valence-electron chi connectivity index (χ1n) is 7.09. The average Bonchev–Trinajstić information content (AvgIpc) is 2.43. The zero-order valence-electron chi connectivity index (χ0n) is 13.4. The Hall–Kier alpha value is -2.57. The number of carboxylic acids is 1. The highest BCUT2D eigenvalue weighted by Crippen LogP contribution is 2.10. The van der Waals surface area contributed by atoms with E-state index in [2.05, 4.69) is 5.32 Å². The van der Waals surface area contributed by atoms with E-state index in [9.17, 15) is 14.4 Å². The number of rotatable bonds is 6. The molecule has 126 valence electrons. The summed E-state index contributed by atoms with van der Waals surface area (Å²) >= 11 is 0. The van der Waals surface area contributed by atoms with Crippen molar-refractivity contribution in [3.8, 4) is 0 Å². The maximum atomic E-state index is 11.9. The van der Waals surface area contributed by atoms with Gasteiger partial charge in [-0.25, -0.2) is 9.59 Å². The van der Waals surface area contributed by atoms with Crippen molar-refractivity contribution < 1.29 is 29.0 Å². The van der Waals surface area contributed by atoms with Gasteiger partial charge in [-0.15, -0.1) is 0 Å². The Labute approximate surface area is 134 Å². The van der Waals surface area contributed by atoms with Crippen molar-refractivity contribution >= 4 is 18.0 Å². The molecular weight excluding hydrogens is 302 g/mol. The Morgan fingerprint density at radius 3 is 2.30 bits per heavy atom. The molecule has 0 unspecified atom stereocenters. The second-order valence-electron chi connectivity index (χ2n) is 5.89. The van der Waals surface area contributed by atoms with Gasteiger partial charge in [0.15, 0.2) is 0 Å². The third kappa shape index (κ3) is 7.85. The summed E-state index contributed by atoms with van der Waals surface area (Å²) in [5, 5.41) is 11.1. The number of aliphatic carboxylic acids is 1. The lowest BCUT2D eigenvalue weighted by Gasteiger charge is -2.23. The van der Waals surface area contributed by atoms with E-state index in [1.165, 1.54) is 0 Å². The first-order chi connectivity index (χ1) is 10.7. The summed E-state index contributed by atoms with van der Waals surface area (Å²) in [6.07, 6.45) is -1.47. The molecule has 2 N–H and O–H groups in total. The van der Waals surface area contributed by atoms with Crippen molar-refractivity contribution in [3.63, 3.8) is 0 Å². The molecule has 0 heterocycles. The summed E-state index contributed by atoms with van der Waals surface area (Å²) in [6.45, 7) is 4.96. The molecule has 1 amide bonds. The fourth-order valence-corrected chi connectivity index (χ4v) is 1.65. The molecule has 0 radical (unpaired) electrons. The Kier molecular flexibility index (Phi) is 6.56. The SMILES string of the molecule is CC(C)(C)OC(=O)[C@@H](CC(=O)O)NC(=O)OCc1ccccc1. The summed E-state index contributed by atoms with van der Waals surface area (Å²) in [5.74, 6) is -2.05. The Balaban J connectivity index is 2.60. The molecule has 1 aromatic carbocycles. The van der Waals surface area contributed by atoms with Gasteiger partial charge in [-0.3, -0.25) is 4.79 Å². The van der Waals surface area contributed by atoms with Crippen LogP contribution in [0.25, 0.3) is 0 Å². The Bertz CT molecular complexity index is 549. The maximum absolute atomic E-state index is 11.9. The number of carboxylic acid groups (broad SMARTS) is 1. The predicted molar refractivity (Wildman–Crippen MR) is 81.6 cm³/mol. The van der Waals surface area contributed by atoms with Crippen molar-refractivity contribution in [2.75, 3.05) is 0 Å². The van der Waals surface area contributed by atoms with Crippen molar-refractivity contribution in [3.05, 3.63) is 35.9 Å². The van der Waals surface area contributed by atoms with Crippen LogP contribution >= 0.6 is 0 Å². The average molecular weight is 323 g/mol. The number of carbonyl (C=O) groups excluding carboxylic acids is 2. The minimum Gasteiger partial charge on any atom is -0.481 e. The van der Waals surface area contributed by atoms with E-state index in [1.807, 2.05) is 6.07 Å². The van der Waals surface area contributed by atoms with Gasteiger partial charge in [0.1, 0.15) is 18.2 Å². The van der Waals surface area contributed by atoms with Crippen LogP contribution in [0.1, 0.15) is 32.8 Å². The van der Waals surface area contributed by atoms with Crippen LogP contribution in [0.4, 0.5) is 4.79 Å². The summed E-state index contributed by atoms with van der Waals surface area (Å²) in [4.78, 5) is 34.5. The fraction of sp³-hybridized carbons (Fsp3) is 0.438. The van der Waals surface area contributed by atoms with Gasteiger partial charge in [0, 0.05) is 0 Å². The number of benzene rings is 1. The van der Waals surface area contributed by atoms with Gasteiger partial charge < -0.3 is 19.9 Å². The molecule has 0 saturated heterocycles. The number of esters is 1. The van der Waals surface area contributed by atoms with Crippen molar-refractivity contribution in [2.45, 2.75) is 45.4 Å². The van der Waals surface area contributed by atoms with Crippen LogP contribution in [0.15, 0.2) is 30.3 Å². The molecule has 0 fully saturated rings. The molecule has 1 atom stereocenters. The lowest BCUT2D eigenvalue weighted by atomic mass is 10.1. The Morgan fingerprint density at radius 1 is 1.17 bits per heavy atom. The quantitative estimate of drug-likeness (QED) is 0.777. The summed E-state index contributed by atoms with van der Waals surface area (Å²) in [7, 11) is 0. The molecule has 1 rings (SSSR count). The highest BCUT2D eigenvalue weighted by molar-refractivity contribution is 5.85. The summed E-state index contributed by atoms with van der Waals surface area (Å²) < 4.78 is 10.1. The van der Waals surface area contributed by atoms with Gasteiger partial charge in [0.2, 0.25) is 0 Å². The topological polar surface area (TPSA) is 102 Å². The van der Waals surface area contributed by atoms with Crippen LogP contribution in [0.5, 0.6) is 0 Å². The van der Waals surface area contributed by atoms with Crippen LogP contribution in [0.3, 0.4) is 0 Å². The van der Waals surface area contributed by atoms with Gasteiger partial charge in [0.05, 0.1) is 6.42 Å². The molecule has 23 heavy (non-hydrogen) atoms. The minimum atomic E-state index is -1.31. The van der Waals surface area contributed by atoms with E-state index in [1.54, 1.807) is 45.0 Å². The highest BCUT2D eigenvalue weighted by atomic mass is 16.6. The van der Waals surface area contributed by atoms with E-state index in [0.717, 1.165) is 5.56 Å². The molecule has 0 aliphatic carbocycles. The van der Waals surface area contributed by atoms with Crippen LogP contribution < -0.4 is 5.32 Å². The standard InChI is InChI=1S/C16H21NO6/c1-16(2,3)23-14(20)12(9-13(18)19)17-15(21)22-10-11-7-5-4-6-8-11/h4-8,12H,9-10H2,1-3H3,(H,17,21)(H,18,19)/t12-/m1/s1. The van der Waals surface area contributed by atoms with Crippen molar-refractivity contribution in [2.24, 2.45) is 0 Å². The van der Waals surface area contributed by atoms with Crippen molar-refractivity contribution in [1.29, 1.82) is 0 Å². The fourth-order valence-electron chi connectivity index (χ4n) is 1.65. The second-order valence-corrected chi connectivity index (χ2v) is 5.89. The predicted octanol–water partition coefficient (Wildman–Crippen LogP) is 2.10. The van der Waals surface area contributed by atoms with Crippen LogP contribution in [-0.4, -0.2) is 34.8 Å². The van der Waals surface area contributed by atoms with Gasteiger partial charge in [0.25, 0.3) is 0 Å². The molecule has 0 saturated carbocycles. The molecule has 1 aromatic rings. The summed E-state index contributed by atoms with van der Waals surface area (Å²) in [6, 6.07) is 7.66. The van der Waals surface area contributed by atoms with Gasteiger partial charge in [-0.1, -0.05) is 30.3 Å². The third-order valence-corrected chi connectivity index (χ3v) is 2.57. The number of carbonyl (C=O) groups is 3. The zero-order valence-corrected chi connectivity index (χ0v) is 13.4. The van der Waals surface area contributed by atoms with E-state index < -0.39 is 36.1 Å². The molecule has 7 heteroatoms. The van der Waals surface area contributed by atoms with E-state index in [-0.39, 0.29) is 6.61 Å². The zero-order chi connectivity index (χ0) is 17.5. The largest absolute Gasteiger partial charge is 0.481 e. The first-order valence-corrected chi connectivity index (χ1v) is 7.09. The molecule has 0 aliphatic rings. The summed E-state index contributed by atoms with van der Waals surface area (Å²) in [5.41, 5.74) is -0.0154. The number of amides is 1. The van der Waals surface area contributed by atoms with E-state index >= 15 is 0 Å². The lowest BCUT2D eigenvalue weighted by Crippen LogP contribution is -2.45. The normalized spacial score (nSPS) is 12.1. The maximum Gasteiger partial charge on any atom is 0.408 e. The highest BCUT2D eigenvalue weighted by Gasteiger charge is 2.29. The van der Waals surface area contributed by atoms with E-state index in [4.69, 9.17) is 14.6 Å². The van der Waals surface area contributed by atoms with E-state index in [0.29, 0.717) is 0 Å². The first kappa shape index (κ1) is 18.5. The number of alkyl carbamates (subject to hydrolysis) is 1. The van der Waals surface area contributed by atoms with Crippen LogP contribution in [0.2, 0.25) is 0 Å². The van der Waals surface area contributed by atoms with Crippen LogP contribution in [0, 0.1) is 0 Å². The number of nitrogens with one attached hydrogen (secondary N) is 1. The molecule has 0 spiro atoms. The van der Waals surface area contributed by atoms with Gasteiger partial charge in [-0.2, -0.15) is 0 Å². The molecular formula is C16H21NO6.